The quantitative estimate of drug-likeness (QED) is 0.352. The number of nitrogens with one attached hydrogen (secondary N) is 1. The SMILES string of the molecule is CCn1c(SCC(=O)Nc2cc(C(=O)OC)cc(C(=O)OC)c2)nnc1C1CC1c1ccccc1. The number of benzene rings is 2. The number of methoxy groups -OCH3 is 2. The van der Waals surface area contributed by atoms with Gasteiger partial charge in [-0.25, -0.2) is 9.59 Å². The summed E-state index contributed by atoms with van der Waals surface area (Å²) in [7, 11) is 2.48. The van der Waals surface area contributed by atoms with Gasteiger partial charge in [-0.1, -0.05) is 42.1 Å². The molecule has 2 aromatic carbocycles. The van der Waals surface area contributed by atoms with Crippen LogP contribution < -0.4 is 5.32 Å². The topological polar surface area (TPSA) is 112 Å². The molecule has 2 unspecified atom stereocenters. The van der Waals surface area contributed by atoms with Gasteiger partial charge >= 0.3 is 11.9 Å². The van der Waals surface area contributed by atoms with Crippen molar-refractivity contribution in [2.45, 2.75) is 36.9 Å². The molecule has 1 heterocycles. The van der Waals surface area contributed by atoms with E-state index in [2.05, 4.69) is 32.2 Å². The number of esters is 2. The number of nitrogens with zero attached hydrogens (tertiary/aromatic N) is 3. The summed E-state index contributed by atoms with van der Waals surface area (Å²) in [5, 5.41) is 12.2. The zero-order valence-electron chi connectivity index (χ0n) is 19.7. The summed E-state index contributed by atoms with van der Waals surface area (Å²) >= 11 is 1.29. The molecule has 0 aliphatic heterocycles. The number of hydrogen-bond acceptors (Lipinski definition) is 8. The molecule has 182 valence electrons. The number of hydrogen-bond donors (Lipinski definition) is 1. The maximum absolute atomic E-state index is 12.7. The number of thioether (sulfide) groups is 1. The molecule has 0 spiro atoms. The van der Waals surface area contributed by atoms with Crippen LogP contribution in [-0.2, 0) is 20.8 Å². The van der Waals surface area contributed by atoms with Gasteiger partial charge in [0.25, 0.3) is 0 Å². The van der Waals surface area contributed by atoms with Crippen LogP contribution in [-0.4, -0.2) is 52.6 Å². The van der Waals surface area contributed by atoms with E-state index in [1.54, 1.807) is 0 Å². The van der Waals surface area contributed by atoms with Gasteiger partial charge in [0.05, 0.1) is 31.1 Å². The van der Waals surface area contributed by atoms with Gasteiger partial charge in [0, 0.05) is 18.2 Å². The molecular formula is C25H26N4O5S. The number of rotatable bonds is 9. The molecule has 1 aliphatic rings. The Balaban J connectivity index is 1.42. The van der Waals surface area contributed by atoms with E-state index in [-0.39, 0.29) is 22.8 Å². The van der Waals surface area contributed by atoms with E-state index in [9.17, 15) is 14.4 Å². The molecule has 1 fully saturated rings. The fourth-order valence-corrected chi connectivity index (χ4v) is 4.84. The summed E-state index contributed by atoms with van der Waals surface area (Å²) in [5.74, 6) is 0.229. The third-order valence-electron chi connectivity index (χ3n) is 5.80. The van der Waals surface area contributed by atoms with Gasteiger partial charge in [-0.3, -0.25) is 4.79 Å². The van der Waals surface area contributed by atoms with Crippen LogP contribution in [0.5, 0.6) is 0 Å². The van der Waals surface area contributed by atoms with Crippen LogP contribution >= 0.6 is 11.8 Å². The minimum Gasteiger partial charge on any atom is -0.465 e. The van der Waals surface area contributed by atoms with Crippen molar-refractivity contribution in [2.75, 3.05) is 25.3 Å². The normalized spacial score (nSPS) is 16.4. The highest BCUT2D eigenvalue weighted by atomic mass is 32.2. The monoisotopic (exact) mass is 494 g/mol. The third kappa shape index (κ3) is 5.54. The Kier molecular flexibility index (Phi) is 7.50. The van der Waals surface area contributed by atoms with E-state index in [1.165, 1.54) is 49.7 Å². The minimum atomic E-state index is -0.627. The highest BCUT2D eigenvalue weighted by Crippen LogP contribution is 2.54. The van der Waals surface area contributed by atoms with E-state index in [4.69, 9.17) is 9.47 Å². The Morgan fingerprint density at radius 3 is 2.26 bits per heavy atom. The average Bonchev–Trinajstić information content (AvgIpc) is 3.58. The van der Waals surface area contributed by atoms with Crippen LogP contribution in [0.4, 0.5) is 5.69 Å². The number of amides is 1. The molecule has 10 heteroatoms. The van der Waals surface area contributed by atoms with Gasteiger partial charge < -0.3 is 19.4 Å². The van der Waals surface area contributed by atoms with Crippen LogP contribution in [0.1, 0.15) is 57.3 Å². The van der Waals surface area contributed by atoms with Gasteiger partial charge in [-0.2, -0.15) is 0 Å². The van der Waals surface area contributed by atoms with Crippen LogP contribution in [0.2, 0.25) is 0 Å². The summed E-state index contributed by atoms with van der Waals surface area (Å²) < 4.78 is 11.5. The maximum atomic E-state index is 12.7. The van der Waals surface area contributed by atoms with Crippen molar-refractivity contribution in [3.8, 4) is 0 Å². The highest BCUT2D eigenvalue weighted by molar-refractivity contribution is 7.99. The van der Waals surface area contributed by atoms with Crippen LogP contribution in [0.3, 0.4) is 0 Å². The molecule has 1 N–H and O–H groups in total. The molecule has 9 nitrogen and oxygen atoms in total. The minimum absolute atomic E-state index is 0.0842. The number of ether oxygens (including phenoxy) is 2. The van der Waals surface area contributed by atoms with Gasteiger partial charge in [0.15, 0.2) is 5.16 Å². The van der Waals surface area contributed by atoms with Gasteiger partial charge in [-0.05, 0) is 43.0 Å². The number of carbonyl (C=O) groups excluding carboxylic acids is 3. The zero-order valence-corrected chi connectivity index (χ0v) is 20.5. The smallest absolute Gasteiger partial charge is 0.337 e. The highest BCUT2D eigenvalue weighted by Gasteiger charge is 2.43. The Hall–Kier alpha value is -3.66. The number of aromatic nitrogens is 3. The van der Waals surface area contributed by atoms with E-state index in [1.807, 2.05) is 25.1 Å². The third-order valence-corrected chi connectivity index (χ3v) is 6.77. The zero-order chi connectivity index (χ0) is 24.9. The van der Waals surface area contributed by atoms with Crippen molar-refractivity contribution in [1.29, 1.82) is 0 Å². The molecule has 0 radical (unpaired) electrons. The second kappa shape index (κ2) is 10.7. The van der Waals surface area contributed by atoms with Crippen molar-refractivity contribution in [1.82, 2.24) is 14.8 Å². The maximum Gasteiger partial charge on any atom is 0.337 e. The molecule has 1 amide bonds. The molecule has 2 atom stereocenters. The Bertz CT molecular complexity index is 1210. The first-order chi connectivity index (χ1) is 16.9. The standard InChI is InChI=1S/C25H26N4O5S/c1-4-29-22(20-13-19(20)15-8-6-5-7-9-15)27-28-25(29)35-14-21(30)26-18-11-16(23(31)33-2)10-17(12-18)24(32)34-3/h5-12,19-20H,4,13-14H2,1-3H3,(H,26,30). The molecule has 1 saturated carbocycles. The lowest BCUT2D eigenvalue weighted by atomic mass is 10.1. The fourth-order valence-electron chi connectivity index (χ4n) is 4.03. The molecule has 4 rings (SSSR count). The lowest BCUT2D eigenvalue weighted by Crippen LogP contribution is -2.16. The molecular weight excluding hydrogens is 468 g/mol. The van der Waals surface area contributed by atoms with Crippen molar-refractivity contribution < 1.29 is 23.9 Å². The predicted octanol–water partition coefficient (Wildman–Crippen LogP) is 3.87. The van der Waals surface area contributed by atoms with Crippen molar-refractivity contribution in [3.05, 3.63) is 71.0 Å². The Morgan fingerprint density at radius 1 is 1.00 bits per heavy atom. The lowest BCUT2D eigenvalue weighted by molar-refractivity contribution is -0.113. The summed E-state index contributed by atoms with van der Waals surface area (Å²) in [6, 6.07) is 14.6. The average molecular weight is 495 g/mol. The first kappa shape index (κ1) is 24.5. The van der Waals surface area contributed by atoms with Gasteiger partial charge in [-0.15, -0.1) is 10.2 Å². The first-order valence-corrected chi connectivity index (χ1v) is 12.2. The second-order valence-corrected chi connectivity index (χ2v) is 9.01. The van der Waals surface area contributed by atoms with E-state index in [0.717, 1.165) is 12.2 Å². The summed E-state index contributed by atoms with van der Waals surface area (Å²) in [5.41, 5.74) is 1.86. The van der Waals surface area contributed by atoms with Crippen molar-refractivity contribution in [2.24, 2.45) is 0 Å². The number of anilines is 1. The predicted molar refractivity (Wildman–Crippen MR) is 131 cm³/mol. The summed E-state index contributed by atoms with van der Waals surface area (Å²) in [6.45, 7) is 2.73. The van der Waals surface area contributed by atoms with Gasteiger partial charge in [0.2, 0.25) is 5.91 Å². The van der Waals surface area contributed by atoms with Crippen LogP contribution in [0.25, 0.3) is 0 Å². The van der Waals surface area contributed by atoms with Gasteiger partial charge in [0.1, 0.15) is 5.82 Å². The van der Waals surface area contributed by atoms with E-state index >= 15 is 0 Å². The molecule has 0 saturated heterocycles. The molecule has 1 aromatic heterocycles. The summed E-state index contributed by atoms with van der Waals surface area (Å²) in [6.07, 6.45) is 1.03. The van der Waals surface area contributed by atoms with Crippen LogP contribution in [0.15, 0.2) is 53.7 Å². The Labute approximate surface area is 207 Å². The molecule has 1 aliphatic carbocycles. The van der Waals surface area contributed by atoms with Crippen LogP contribution in [0, 0.1) is 0 Å². The lowest BCUT2D eigenvalue weighted by Gasteiger charge is -2.10. The second-order valence-electron chi connectivity index (χ2n) is 8.06. The fraction of sp³-hybridized carbons (Fsp3) is 0.320. The summed E-state index contributed by atoms with van der Waals surface area (Å²) in [4.78, 5) is 36.6. The molecule has 35 heavy (non-hydrogen) atoms. The Morgan fingerprint density at radius 2 is 1.66 bits per heavy atom. The molecule has 3 aromatic rings. The first-order valence-electron chi connectivity index (χ1n) is 11.2. The van der Waals surface area contributed by atoms with Crippen molar-refractivity contribution in [3.63, 3.8) is 0 Å². The van der Waals surface area contributed by atoms with Crippen molar-refractivity contribution >= 4 is 35.3 Å². The largest absolute Gasteiger partial charge is 0.465 e. The van der Waals surface area contributed by atoms with E-state index < -0.39 is 11.9 Å². The van der Waals surface area contributed by atoms with E-state index in [0.29, 0.717) is 29.2 Å². The molecule has 0 bridgehead atoms. The number of carbonyl (C=O) groups is 3.